The van der Waals surface area contributed by atoms with E-state index >= 15 is 0 Å². The van der Waals surface area contributed by atoms with E-state index in [1.165, 1.54) is 0 Å². The summed E-state index contributed by atoms with van der Waals surface area (Å²) < 4.78 is 4.50. The molecule has 5 heteroatoms. The summed E-state index contributed by atoms with van der Waals surface area (Å²) >= 11 is 0. The SMILES string of the molecule is C=C(CC(=O)OCC)C(=O)O.[PbH2]. The van der Waals surface area contributed by atoms with Gasteiger partial charge in [-0.1, -0.05) is 6.58 Å². The second kappa shape index (κ2) is 7.26. The summed E-state index contributed by atoms with van der Waals surface area (Å²) in [5, 5.41) is 8.29. The van der Waals surface area contributed by atoms with E-state index in [1.54, 1.807) is 6.92 Å². The first-order valence-electron chi connectivity index (χ1n) is 3.14. The minimum atomic E-state index is -1.17. The van der Waals surface area contributed by atoms with Gasteiger partial charge in [-0.3, -0.25) is 4.79 Å². The van der Waals surface area contributed by atoms with Crippen LogP contribution in [0.2, 0.25) is 0 Å². The molecule has 0 aromatic carbocycles. The van der Waals surface area contributed by atoms with Gasteiger partial charge in [-0.2, -0.15) is 0 Å². The number of esters is 1. The predicted octanol–water partition coefficient (Wildman–Crippen LogP) is -0.336. The van der Waals surface area contributed by atoms with E-state index in [9.17, 15) is 9.59 Å². The van der Waals surface area contributed by atoms with Gasteiger partial charge >= 0.3 is 39.2 Å². The van der Waals surface area contributed by atoms with Crippen molar-refractivity contribution in [3.8, 4) is 0 Å². The van der Waals surface area contributed by atoms with Crippen LogP contribution in [0.4, 0.5) is 0 Å². The summed E-state index contributed by atoms with van der Waals surface area (Å²) in [5.41, 5.74) is -0.150. The number of ether oxygens (including phenoxy) is 1. The van der Waals surface area contributed by atoms with Crippen molar-refractivity contribution in [3.63, 3.8) is 0 Å². The van der Waals surface area contributed by atoms with Crippen LogP contribution in [-0.4, -0.2) is 51.0 Å². The normalized spacial score (nSPS) is 8.08. The molecular formula is C7H12O4Pb. The van der Waals surface area contributed by atoms with Crippen LogP contribution in [0.25, 0.3) is 0 Å². The Bertz CT molecular complexity index is 188. The number of carbonyl (C=O) groups excluding carboxylic acids is 1. The molecule has 0 fully saturated rings. The van der Waals surface area contributed by atoms with E-state index in [0.717, 1.165) is 0 Å². The standard InChI is InChI=1S/C7H10O4.Pb.2H/c1-3-11-6(8)4-5(2)7(9)10;;;/h2-4H2,1H3,(H,9,10);;;. The summed E-state index contributed by atoms with van der Waals surface area (Å²) in [6.07, 6.45) is -0.247. The molecule has 0 aliphatic rings. The van der Waals surface area contributed by atoms with Gasteiger partial charge in [0, 0.05) is 5.57 Å². The first kappa shape index (κ1) is 14.1. The molecule has 0 aromatic rings. The number of hydrogen-bond acceptors (Lipinski definition) is 3. The van der Waals surface area contributed by atoms with Crippen molar-refractivity contribution in [2.24, 2.45) is 0 Å². The zero-order valence-electron chi connectivity index (χ0n) is 7.00. The maximum atomic E-state index is 10.6. The van der Waals surface area contributed by atoms with Gasteiger partial charge in [0.15, 0.2) is 0 Å². The van der Waals surface area contributed by atoms with E-state index < -0.39 is 11.9 Å². The Morgan fingerprint density at radius 2 is 2.00 bits per heavy atom. The molecule has 4 nitrogen and oxygen atoms in total. The topological polar surface area (TPSA) is 63.6 Å². The van der Waals surface area contributed by atoms with Gasteiger partial charge < -0.3 is 9.84 Å². The van der Waals surface area contributed by atoms with Crippen LogP contribution < -0.4 is 0 Å². The Hall–Kier alpha value is -0.398. The van der Waals surface area contributed by atoms with Crippen LogP contribution in [-0.2, 0) is 14.3 Å². The van der Waals surface area contributed by atoms with Gasteiger partial charge in [-0.05, 0) is 6.92 Å². The van der Waals surface area contributed by atoms with Crippen molar-refractivity contribution in [1.29, 1.82) is 0 Å². The van der Waals surface area contributed by atoms with Gasteiger partial charge in [-0.25, -0.2) is 4.79 Å². The fourth-order valence-electron chi connectivity index (χ4n) is 0.462. The van der Waals surface area contributed by atoms with E-state index in [-0.39, 0.29) is 45.9 Å². The van der Waals surface area contributed by atoms with Crippen LogP contribution in [0.3, 0.4) is 0 Å². The van der Waals surface area contributed by atoms with Crippen LogP contribution in [0.5, 0.6) is 0 Å². The third kappa shape index (κ3) is 6.32. The maximum absolute atomic E-state index is 10.6. The third-order valence-electron chi connectivity index (χ3n) is 0.966. The zero-order valence-corrected chi connectivity index (χ0v) is 12.5. The number of rotatable bonds is 4. The molecule has 0 rings (SSSR count). The summed E-state index contributed by atoms with van der Waals surface area (Å²) in [6, 6.07) is 0. The molecular weight excluding hydrogens is 355 g/mol. The molecule has 0 saturated carbocycles. The second-order valence-electron chi connectivity index (χ2n) is 1.89. The first-order chi connectivity index (χ1) is 5.07. The molecule has 0 aliphatic carbocycles. The molecule has 0 spiro atoms. The van der Waals surface area contributed by atoms with Gasteiger partial charge in [0.1, 0.15) is 0 Å². The Labute approximate surface area is 90.8 Å². The number of carboxylic acid groups (broad SMARTS) is 1. The van der Waals surface area contributed by atoms with Crippen molar-refractivity contribution in [2.75, 3.05) is 6.61 Å². The van der Waals surface area contributed by atoms with Crippen molar-refractivity contribution in [2.45, 2.75) is 13.3 Å². The monoisotopic (exact) mass is 368 g/mol. The minimum absolute atomic E-state index is 0. The number of hydrogen-bond donors (Lipinski definition) is 1. The predicted molar refractivity (Wildman–Crippen MR) is 46.6 cm³/mol. The Morgan fingerprint density at radius 1 is 1.50 bits per heavy atom. The van der Waals surface area contributed by atoms with Crippen molar-refractivity contribution in [1.82, 2.24) is 0 Å². The van der Waals surface area contributed by atoms with Gasteiger partial charge in [-0.15, -0.1) is 0 Å². The molecule has 0 bridgehead atoms. The van der Waals surface area contributed by atoms with E-state index in [2.05, 4.69) is 11.3 Å². The number of aliphatic carboxylic acids is 1. The van der Waals surface area contributed by atoms with E-state index in [0.29, 0.717) is 0 Å². The van der Waals surface area contributed by atoms with Crippen LogP contribution >= 0.6 is 0 Å². The zero-order chi connectivity index (χ0) is 8.85. The van der Waals surface area contributed by atoms with E-state index in [1.807, 2.05) is 0 Å². The summed E-state index contributed by atoms with van der Waals surface area (Å²) in [5.74, 6) is -1.72. The number of carbonyl (C=O) groups is 2. The fourth-order valence-corrected chi connectivity index (χ4v) is 0.462. The number of carboxylic acids is 1. The molecule has 12 heavy (non-hydrogen) atoms. The van der Waals surface area contributed by atoms with Crippen molar-refractivity contribution < 1.29 is 19.4 Å². The Balaban J connectivity index is 0. The second-order valence-corrected chi connectivity index (χ2v) is 1.89. The molecule has 0 aromatic heterocycles. The molecule has 2 radical (unpaired) electrons. The van der Waals surface area contributed by atoms with Gasteiger partial charge in [0.05, 0.1) is 13.0 Å². The average molecular weight is 367 g/mol. The van der Waals surface area contributed by atoms with Gasteiger partial charge in [0.25, 0.3) is 0 Å². The van der Waals surface area contributed by atoms with Crippen molar-refractivity contribution in [3.05, 3.63) is 12.2 Å². The summed E-state index contributed by atoms with van der Waals surface area (Å²) in [4.78, 5) is 20.7. The molecule has 1 N–H and O–H groups in total. The molecule has 0 heterocycles. The quantitative estimate of drug-likeness (QED) is 0.420. The molecule has 0 saturated heterocycles. The fraction of sp³-hybridized carbons (Fsp3) is 0.429. The van der Waals surface area contributed by atoms with Crippen molar-refractivity contribution >= 4 is 39.2 Å². The molecule has 0 amide bonds. The molecule has 0 aliphatic heterocycles. The van der Waals surface area contributed by atoms with Crippen LogP contribution in [0, 0.1) is 0 Å². The Kier molecular flexibility index (Phi) is 8.56. The molecule has 68 valence electrons. The summed E-state index contributed by atoms with van der Waals surface area (Å²) in [7, 11) is 0. The van der Waals surface area contributed by atoms with Crippen LogP contribution in [0.15, 0.2) is 12.2 Å². The van der Waals surface area contributed by atoms with E-state index in [4.69, 9.17) is 5.11 Å². The summed E-state index contributed by atoms with van der Waals surface area (Å²) in [6.45, 7) is 5.09. The average Bonchev–Trinajstić information content (AvgIpc) is 1.87. The van der Waals surface area contributed by atoms with Gasteiger partial charge in [0.2, 0.25) is 0 Å². The van der Waals surface area contributed by atoms with Crippen LogP contribution in [0.1, 0.15) is 13.3 Å². The Morgan fingerprint density at radius 3 is 2.33 bits per heavy atom. The molecule has 0 atom stereocenters. The first-order valence-corrected chi connectivity index (χ1v) is 3.14. The molecule has 0 unspecified atom stereocenters. The third-order valence-corrected chi connectivity index (χ3v) is 0.966.